The number of hydrogen-bond acceptors (Lipinski definition) is 12. The number of thiazole rings is 1. The number of amides is 2. The normalized spacial score (nSPS) is 30.5. The fourth-order valence-electron chi connectivity index (χ4n) is 3.91. The number of nitrogen functional groups attached to an aromatic ring is 1. The number of nitrogens with two attached hydrogens (primary N) is 1. The number of carboxylic acids is 1. The van der Waals surface area contributed by atoms with Gasteiger partial charge in [0.1, 0.15) is 30.0 Å². The van der Waals surface area contributed by atoms with E-state index in [1.807, 2.05) is 0 Å². The van der Waals surface area contributed by atoms with Crippen LogP contribution >= 0.6 is 11.3 Å². The summed E-state index contributed by atoms with van der Waals surface area (Å²) in [5, 5.41) is 16.1. The summed E-state index contributed by atoms with van der Waals surface area (Å²) < 4.78 is 17.8. The second-order valence-electron chi connectivity index (χ2n) is 7.27. The minimum Gasteiger partial charge on any atom is -0.477 e. The molecule has 4 heterocycles. The van der Waals surface area contributed by atoms with Crippen molar-refractivity contribution in [1.82, 2.24) is 15.2 Å². The fourth-order valence-corrected chi connectivity index (χ4v) is 6.38. The van der Waals surface area contributed by atoms with E-state index in [1.165, 1.54) is 5.38 Å². The third-order valence-corrected chi connectivity index (χ3v) is 7.75. The summed E-state index contributed by atoms with van der Waals surface area (Å²) in [6, 6.07) is -1.36. The quantitative estimate of drug-likeness (QED) is 0.0872. The monoisotopic (exact) mass is 499 g/mol. The zero-order valence-electron chi connectivity index (χ0n) is 16.7. The molecule has 0 bridgehead atoms. The molecular weight excluding hydrogens is 482 g/mol. The Morgan fingerprint density at radius 3 is 2.91 bits per heavy atom. The molecule has 0 unspecified atom stereocenters. The zero-order chi connectivity index (χ0) is 23.9. The van der Waals surface area contributed by atoms with Gasteiger partial charge >= 0.3 is 11.9 Å². The number of nitrogens with one attached hydrogen (secondary N) is 1. The van der Waals surface area contributed by atoms with Crippen LogP contribution in [0.5, 0.6) is 0 Å². The lowest BCUT2D eigenvalue weighted by Crippen LogP contribution is -2.83. The summed E-state index contributed by atoms with van der Waals surface area (Å²) in [6.07, 6.45) is 0.328. The standard InChI is InChI=1S/C17H17N5O9S2/c18-16-19-8(5-32-16)10(21-30-3-1-2-23)12(25)20-11-13(26)22-14(11)33(29)6-7-4-9(24)31-17(7,22)15(27)28/h2,5,7,11,14H,1,3-4,6H2,(H2,18,19)(H,20,25)(H,27,28)/b21-10-/t7-,11+,14+,17+,33-/m0/s1. The summed E-state index contributed by atoms with van der Waals surface area (Å²) in [6.45, 7) is -0.115. The van der Waals surface area contributed by atoms with Crippen LogP contribution in [0.1, 0.15) is 18.5 Å². The van der Waals surface area contributed by atoms with Crippen molar-refractivity contribution in [3.63, 3.8) is 0 Å². The summed E-state index contributed by atoms with van der Waals surface area (Å²) in [4.78, 5) is 69.7. The lowest BCUT2D eigenvalue weighted by atomic mass is 9.89. The zero-order valence-corrected chi connectivity index (χ0v) is 18.3. The van der Waals surface area contributed by atoms with Crippen LogP contribution in [0.2, 0.25) is 0 Å². The van der Waals surface area contributed by atoms with Gasteiger partial charge in [-0.3, -0.25) is 23.5 Å². The van der Waals surface area contributed by atoms with Gasteiger partial charge in [-0.25, -0.2) is 9.78 Å². The SMILES string of the molecule is Nc1nc(/C(=N/OCCC=O)C(=O)N[C@@H]2C(=O)N3[C@@H]2[S@@](=O)C[C@@H]2CC(=O)O[C@@]23C(=O)O)cs1. The van der Waals surface area contributed by atoms with Crippen molar-refractivity contribution in [3.8, 4) is 0 Å². The molecule has 4 rings (SSSR count). The van der Waals surface area contributed by atoms with E-state index in [9.17, 15) is 33.3 Å². The van der Waals surface area contributed by atoms with Crippen molar-refractivity contribution >= 4 is 63.0 Å². The minimum atomic E-state index is -2.26. The largest absolute Gasteiger partial charge is 0.477 e. The maximum absolute atomic E-state index is 12.9. The highest BCUT2D eigenvalue weighted by atomic mass is 32.2. The van der Waals surface area contributed by atoms with Crippen LogP contribution in [0.3, 0.4) is 0 Å². The first kappa shape index (κ1) is 22.8. The molecule has 0 aliphatic carbocycles. The Hall–Kier alpha value is -3.40. The van der Waals surface area contributed by atoms with Gasteiger partial charge < -0.3 is 30.5 Å². The Morgan fingerprint density at radius 1 is 1.52 bits per heavy atom. The molecule has 3 fully saturated rings. The van der Waals surface area contributed by atoms with E-state index < -0.39 is 57.6 Å². The molecule has 176 valence electrons. The third-order valence-electron chi connectivity index (χ3n) is 5.33. The van der Waals surface area contributed by atoms with Crippen LogP contribution in [0, 0.1) is 5.92 Å². The summed E-state index contributed by atoms with van der Waals surface area (Å²) in [5.74, 6) is -5.33. The number of rotatable bonds is 8. The van der Waals surface area contributed by atoms with Crippen molar-refractivity contribution in [1.29, 1.82) is 0 Å². The van der Waals surface area contributed by atoms with Gasteiger partial charge in [0.25, 0.3) is 17.5 Å². The van der Waals surface area contributed by atoms with E-state index in [0.29, 0.717) is 6.29 Å². The van der Waals surface area contributed by atoms with Crippen LogP contribution in [-0.4, -0.2) is 84.5 Å². The highest BCUT2D eigenvalue weighted by Crippen LogP contribution is 2.47. The Labute approximate surface area is 191 Å². The molecule has 33 heavy (non-hydrogen) atoms. The van der Waals surface area contributed by atoms with Crippen LogP contribution in [-0.2, 0) is 44.3 Å². The van der Waals surface area contributed by atoms with Crippen molar-refractivity contribution < 1.29 is 42.9 Å². The van der Waals surface area contributed by atoms with E-state index in [-0.39, 0.29) is 41.7 Å². The Bertz CT molecular complexity index is 1100. The van der Waals surface area contributed by atoms with E-state index in [2.05, 4.69) is 15.5 Å². The third kappa shape index (κ3) is 3.64. The molecule has 0 saturated carbocycles. The van der Waals surface area contributed by atoms with Crippen molar-refractivity contribution in [2.24, 2.45) is 11.1 Å². The van der Waals surface area contributed by atoms with Gasteiger partial charge in [0.15, 0.2) is 10.8 Å². The first-order valence-corrected chi connectivity index (χ1v) is 11.8. The first-order valence-electron chi connectivity index (χ1n) is 9.52. The summed E-state index contributed by atoms with van der Waals surface area (Å²) >= 11 is 1.02. The molecule has 1 aromatic rings. The molecule has 4 N–H and O–H groups in total. The molecule has 1 aromatic heterocycles. The smallest absolute Gasteiger partial charge is 0.370 e. The van der Waals surface area contributed by atoms with Gasteiger partial charge in [-0.2, -0.15) is 0 Å². The molecule has 3 saturated heterocycles. The molecule has 0 aromatic carbocycles. The first-order chi connectivity index (χ1) is 15.7. The number of hydrogen-bond donors (Lipinski definition) is 3. The number of β-lactam (4-membered cyclic amide) rings is 1. The molecule has 0 radical (unpaired) electrons. The predicted octanol–water partition coefficient (Wildman–Crippen LogP) is -2.21. The Balaban J connectivity index is 1.57. The van der Waals surface area contributed by atoms with Gasteiger partial charge in [-0.05, 0) is 0 Å². The number of nitrogens with zero attached hydrogens (tertiary/aromatic N) is 3. The maximum atomic E-state index is 12.9. The Morgan fingerprint density at radius 2 is 2.27 bits per heavy atom. The number of esters is 1. The Kier molecular flexibility index (Phi) is 5.87. The highest BCUT2D eigenvalue weighted by molar-refractivity contribution is 7.85. The average Bonchev–Trinajstić information content (AvgIpc) is 3.33. The molecule has 3 aliphatic rings. The van der Waals surface area contributed by atoms with Crippen LogP contribution in [0.4, 0.5) is 5.13 Å². The number of aromatic nitrogens is 1. The van der Waals surface area contributed by atoms with Gasteiger partial charge in [0.2, 0.25) is 0 Å². The second kappa shape index (κ2) is 8.51. The van der Waals surface area contributed by atoms with Crippen molar-refractivity contribution in [2.45, 2.75) is 30.0 Å². The fraction of sp³-hybridized carbons (Fsp3) is 0.471. The number of carboxylic acid groups (broad SMARTS) is 1. The number of anilines is 1. The average molecular weight is 499 g/mol. The van der Waals surface area contributed by atoms with Gasteiger partial charge in [-0.1, -0.05) is 5.16 Å². The van der Waals surface area contributed by atoms with E-state index >= 15 is 0 Å². The molecule has 16 heteroatoms. The molecule has 5 atom stereocenters. The lowest BCUT2D eigenvalue weighted by molar-refractivity contribution is -0.216. The number of carbonyl (C=O) groups excluding carboxylic acids is 4. The number of fused-ring (bicyclic) bond motifs is 3. The van der Waals surface area contributed by atoms with Gasteiger partial charge in [-0.15, -0.1) is 11.3 Å². The number of aliphatic carboxylic acids is 1. The number of aldehydes is 1. The van der Waals surface area contributed by atoms with Crippen LogP contribution < -0.4 is 11.1 Å². The van der Waals surface area contributed by atoms with Crippen molar-refractivity contribution in [2.75, 3.05) is 18.1 Å². The molecule has 3 aliphatic heterocycles. The van der Waals surface area contributed by atoms with E-state index in [4.69, 9.17) is 15.3 Å². The summed E-state index contributed by atoms with van der Waals surface area (Å²) in [5.41, 5.74) is 3.04. The van der Waals surface area contributed by atoms with Crippen LogP contribution in [0.25, 0.3) is 0 Å². The van der Waals surface area contributed by atoms with Crippen molar-refractivity contribution in [3.05, 3.63) is 11.1 Å². The van der Waals surface area contributed by atoms with Crippen LogP contribution in [0.15, 0.2) is 10.5 Å². The summed E-state index contributed by atoms with van der Waals surface area (Å²) in [7, 11) is -1.77. The predicted molar refractivity (Wildman–Crippen MR) is 110 cm³/mol. The number of oxime groups is 1. The number of ether oxygens (including phenoxy) is 1. The highest BCUT2D eigenvalue weighted by Gasteiger charge is 2.73. The van der Waals surface area contributed by atoms with Gasteiger partial charge in [0, 0.05) is 28.4 Å². The molecule has 2 amide bonds. The van der Waals surface area contributed by atoms with E-state index in [1.54, 1.807) is 0 Å². The van der Waals surface area contributed by atoms with Gasteiger partial charge in [0.05, 0.1) is 12.3 Å². The molecule has 0 spiro atoms. The number of carbonyl (C=O) groups is 5. The molecular formula is C17H17N5O9S2. The maximum Gasteiger partial charge on any atom is 0.370 e. The van der Waals surface area contributed by atoms with E-state index in [0.717, 1.165) is 16.2 Å². The minimum absolute atomic E-state index is 0.0197. The topological polar surface area (TPSA) is 208 Å². The molecule has 14 nitrogen and oxygen atoms in total. The lowest BCUT2D eigenvalue weighted by Gasteiger charge is -2.56. The second-order valence-corrected chi connectivity index (χ2v) is 9.74.